The van der Waals surface area contributed by atoms with E-state index in [1.165, 1.54) is 12.1 Å². The molecule has 2 aromatic rings. The van der Waals surface area contributed by atoms with Crippen LogP contribution in [0.15, 0.2) is 53.7 Å². The Labute approximate surface area is 176 Å². The molecule has 0 saturated carbocycles. The largest absolute Gasteiger partial charge is 0.390 e. The number of hydrogen-bond donors (Lipinski definition) is 0. The van der Waals surface area contributed by atoms with Crippen molar-refractivity contribution in [1.82, 2.24) is 4.90 Å². The minimum Gasteiger partial charge on any atom is -0.390 e. The molecule has 0 bridgehead atoms. The summed E-state index contributed by atoms with van der Waals surface area (Å²) >= 11 is 5.95. The van der Waals surface area contributed by atoms with E-state index in [0.717, 1.165) is 16.8 Å². The molecule has 0 spiro atoms. The summed E-state index contributed by atoms with van der Waals surface area (Å²) in [6.07, 6.45) is 0.820. The SMILES string of the molecule is CC(C)(C)CC(=O)N(Cc1ccc(F)cc1)C[C@@H]1CC(c2ccc(Cl)cc2)=NO1. The molecule has 154 valence electrons. The summed E-state index contributed by atoms with van der Waals surface area (Å²) in [5, 5.41) is 4.88. The lowest BCUT2D eigenvalue weighted by Gasteiger charge is -2.28. The highest BCUT2D eigenvalue weighted by molar-refractivity contribution is 6.30. The normalized spacial score (nSPS) is 16.3. The third-order valence-corrected chi connectivity index (χ3v) is 4.91. The molecule has 0 aliphatic carbocycles. The van der Waals surface area contributed by atoms with Gasteiger partial charge in [-0.15, -0.1) is 0 Å². The summed E-state index contributed by atoms with van der Waals surface area (Å²) in [5.74, 6) is -0.244. The van der Waals surface area contributed by atoms with Crippen molar-refractivity contribution in [2.24, 2.45) is 10.6 Å². The van der Waals surface area contributed by atoms with Crippen LogP contribution in [0, 0.1) is 11.2 Å². The van der Waals surface area contributed by atoms with E-state index in [1.54, 1.807) is 17.0 Å². The molecule has 1 aliphatic heterocycles. The van der Waals surface area contributed by atoms with Crippen LogP contribution in [0.3, 0.4) is 0 Å². The minimum absolute atomic E-state index is 0.0466. The van der Waals surface area contributed by atoms with Crippen molar-refractivity contribution < 1.29 is 14.0 Å². The van der Waals surface area contributed by atoms with Gasteiger partial charge in [0.05, 0.1) is 12.3 Å². The third-order valence-electron chi connectivity index (χ3n) is 4.66. The zero-order valence-electron chi connectivity index (χ0n) is 17.0. The van der Waals surface area contributed by atoms with Gasteiger partial charge in [-0.25, -0.2) is 4.39 Å². The number of amides is 1. The monoisotopic (exact) mass is 416 g/mol. The van der Waals surface area contributed by atoms with Crippen LogP contribution in [0.5, 0.6) is 0 Å². The number of carbonyl (C=O) groups excluding carboxylic acids is 1. The van der Waals surface area contributed by atoms with Crippen LogP contribution >= 0.6 is 11.6 Å². The van der Waals surface area contributed by atoms with Gasteiger partial charge in [-0.3, -0.25) is 4.79 Å². The second kappa shape index (κ2) is 8.95. The van der Waals surface area contributed by atoms with Gasteiger partial charge in [0.2, 0.25) is 5.91 Å². The van der Waals surface area contributed by atoms with Gasteiger partial charge < -0.3 is 9.74 Å². The van der Waals surface area contributed by atoms with Crippen LogP contribution in [0.25, 0.3) is 0 Å². The summed E-state index contributed by atoms with van der Waals surface area (Å²) in [7, 11) is 0. The van der Waals surface area contributed by atoms with Gasteiger partial charge >= 0.3 is 0 Å². The van der Waals surface area contributed by atoms with Crippen LogP contribution in [-0.2, 0) is 16.2 Å². The number of nitrogens with zero attached hydrogens (tertiary/aromatic N) is 2. The highest BCUT2D eigenvalue weighted by Gasteiger charge is 2.28. The van der Waals surface area contributed by atoms with Crippen molar-refractivity contribution in [2.75, 3.05) is 6.54 Å². The Hall–Kier alpha value is -2.40. The molecule has 4 nitrogen and oxygen atoms in total. The maximum Gasteiger partial charge on any atom is 0.223 e. The standard InChI is InChI=1S/C23H26ClFN2O2/c1-23(2,3)13-22(28)27(14-16-4-10-19(25)11-5-16)15-20-12-21(26-29-20)17-6-8-18(24)9-7-17/h4-11,20H,12-15H2,1-3H3/t20-/m0/s1. The Bertz CT molecular complexity index is 873. The smallest absolute Gasteiger partial charge is 0.223 e. The summed E-state index contributed by atoms with van der Waals surface area (Å²) in [4.78, 5) is 20.4. The second-order valence-electron chi connectivity index (χ2n) is 8.61. The predicted octanol–water partition coefficient (Wildman–Crippen LogP) is 5.44. The van der Waals surface area contributed by atoms with E-state index in [9.17, 15) is 9.18 Å². The molecule has 1 heterocycles. The highest BCUT2D eigenvalue weighted by Crippen LogP contribution is 2.24. The lowest BCUT2D eigenvalue weighted by atomic mass is 9.91. The van der Waals surface area contributed by atoms with Crippen LogP contribution < -0.4 is 0 Å². The van der Waals surface area contributed by atoms with Crippen molar-refractivity contribution >= 4 is 23.2 Å². The van der Waals surface area contributed by atoms with E-state index in [1.807, 2.05) is 45.0 Å². The molecular formula is C23H26ClFN2O2. The quantitative estimate of drug-likeness (QED) is 0.629. The third kappa shape index (κ3) is 6.29. The van der Waals surface area contributed by atoms with Crippen molar-refractivity contribution in [3.63, 3.8) is 0 Å². The molecule has 0 unspecified atom stereocenters. The van der Waals surface area contributed by atoms with E-state index in [4.69, 9.17) is 16.4 Å². The van der Waals surface area contributed by atoms with Gasteiger partial charge in [0.1, 0.15) is 5.82 Å². The molecule has 1 atom stereocenters. The molecule has 0 aromatic heterocycles. The van der Waals surface area contributed by atoms with E-state index >= 15 is 0 Å². The number of benzene rings is 2. The summed E-state index contributed by atoms with van der Waals surface area (Å²) in [6, 6.07) is 13.7. The molecule has 0 radical (unpaired) electrons. The molecule has 1 amide bonds. The van der Waals surface area contributed by atoms with E-state index in [2.05, 4.69) is 5.16 Å². The van der Waals surface area contributed by atoms with Crippen LogP contribution in [0.1, 0.15) is 44.7 Å². The fraction of sp³-hybridized carbons (Fsp3) is 0.391. The van der Waals surface area contributed by atoms with Crippen LogP contribution in [0.2, 0.25) is 5.02 Å². The van der Waals surface area contributed by atoms with E-state index in [-0.39, 0.29) is 23.2 Å². The number of rotatable bonds is 6. The van der Waals surface area contributed by atoms with Crippen molar-refractivity contribution in [2.45, 2.75) is 46.3 Å². The topological polar surface area (TPSA) is 41.9 Å². The van der Waals surface area contributed by atoms with Crippen molar-refractivity contribution in [3.8, 4) is 0 Å². The first-order valence-electron chi connectivity index (χ1n) is 9.70. The Morgan fingerprint density at radius 2 is 1.83 bits per heavy atom. The van der Waals surface area contributed by atoms with Gasteiger partial charge in [0, 0.05) is 24.4 Å². The molecule has 0 fully saturated rings. The number of oxime groups is 1. The first-order chi connectivity index (χ1) is 13.7. The fourth-order valence-electron chi connectivity index (χ4n) is 3.22. The fourth-order valence-corrected chi connectivity index (χ4v) is 3.34. The maximum atomic E-state index is 13.2. The summed E-state index contributed by atoms with van der Waals surface area (Å²) < 4.78 is 13.2. The average molecular weight is 417 g/mol. The Morgan fingerprint density at radius 1 is 1.17 bits per heavy atom. The molecule has 2 aromatic carbocycles. The summed E-state index contributed by atoms with van der Waals surface area (Å²) in [5.41, 5.74) is 2.56. The Morgan fingerprint density at radius 3 is 2.45 bits per heavy atom. The van der Waals surface area contributed by atoms with Crippen LogP contribution in [0.4, 0.5) is 4.39 Å². The molecular weight excluding hydrogens is 391 g/mol. The van der Waals surface area contributed by atoms with Crippen molar-refractivity contribution in [1.29, 1.82) is 0 Å². The second-order valence-corrected chi connectivity index (χ2v) is 9.05. The molecule has 1 aliphatic rings. The van der Waals surface area contributed by atoms with Gasteiger partial charge in [0.15, 0.2) is 6.10 Å². The molecule has 0 saturated heterocycles. The van der Waals surface area contributed by atoms with Gasteiger partial charge in [-0.1, -0.05) is 61.8 Å². The van der Waals surface area contributed by atoms with Gasteiger partial charge in [-0.2, -0.15) is 0 Å². The highest BCUT2D eigenvalue weighted by atomic mass is 35.5. The molecule has 6 heteroatoms. The lowest BCUT2D eigenvalue weighted by molar-refractivity contribution is -0.135. The van der Waals surface area contributed by atoms with Crippen molar-refractivity contribution in [3.05, 3.63) is 70.5 Å². The number of carbonyl (C=O) groups is 1. The lowest BCUT2D eigenvalue weighted by Crippen LogP contribution is -2.38. The number of halogens is 2. The van der Waals surface area contributed by atoms with E-state index in [0.29, 0.717) is 31.0 Å². The molecule has 0 N–H and O–H groups in total. The first-order valence-corrected chi connectivity index (χ1v) is 10.1. The number of hydrogen-bond acceptors (Lipinski definition) is 3. The zero-order valence-corrected chi connectivity index (χ0v) is 17.7. The van der Waals surface area contributed by atoms with Crippen LogP contribution in [-0.4, -0.2) is 29.2 Å². The molecule has 29 heavy (non-hydrogen) atoms. The van der Waals surface area contributed by atoms with E-state index < -0.39 is 0 Å². The average Bonchev–Trinajstić information content (AvgIpc) is 3.11. The Kier molecular flexibility index (Phi) is 6.58. The maximum absolute atomic E-state index is 13.2. The minimum atomic E-state index is -0.290. The summed E-state index contributed by atoms with van der Waals surface area (Å²) in [6.45, 7) is 6.94. The first kappa shape index (κ1) is 21.3. The zero-order chi connectivity index (χ0) is 21.0. The Balaban J connectivity index is 1.68. The van der Waals surface area contributed by atoms with Gasteiger partial charge in [-0.05, 0) is 40.8 Å². The molecule has 3 rings (SSSR count). The predicted molar refractivity (Wildman–Crippen MR) is 113 cm³/mol. The van der Waals surface area contributed by atoms with Gasteiger partial charge in [0.25, 0.3) is 0 Å².